The number of hydrogen-bond donors (Lipinski definition) is 1. The number of carboxylic acids is 1. The zero-order valence-electron chi connectivity index (χ0n) is 11.4. The Bertz CT molecular complexity index is 603. The van der Waals surface area contributed by atoms with Crippen molar-refractivity contribution in [1.29, 1.82) is 0 Å². The van der Waals surface area contributed by atoms with Crippen LogP contribution in [0.1, 0.15) is 24.8 Å². The number of aliphatic imine (C=N–C) groups is 1. The molecule has 1 unspecified atom stereocenters. The molecule has 4 nitrogen and oxygen atoms in total. The van der Waals surface area contributed by atoms with E-state index in [0.717, 1.165) is 0 Å². The Kier molecular flexibility index (Phi) is 4.20. The van der Waals surface area contributed by atoms with Crippen LogP contribution < -0.4 is 0 Å². The van der Waals surface area contributed by atoms with Gasteiger partial charge >= 0.3 is 5.97 Å². The second-order valence-electron chi connectivity index (χ2n) is 4.93. The summed E-state index contributed by atoms with van der Waals surface area (Å²) in [6.45, 7) is 1.56. The summed E-state index contributed by atoms with van der Waals surface area (Å²) in [4.78, 5) is 15.5. The van der Waals surface area contributed by atoms with Gasteiger partial charge in [0.25, 0.3) is 0 Å². The molecule has 7 heteroatoms. The molecule has 1 aliphatic rings. The van der Waals surface area contributed by atoms with E-state index in [4.69, 9.17) is 4.74 Å². The van der Waals surface area contributed by atoms with Crippen LogP contribution in [0.4, 0.5) is 13.2 Å². The second kappa shape index (κ2) is 5.75. The average molecular weight is 301 g/mol. The third kappa shape index (κ3) is 2.86. The van der Waals surface area contributed by atoms with E-state index in [9.17, 15) is 23.1 Å². The molecule has 114 valence electrons. The molecule has 0 radical (unpaired) electrons. The minimum absolute atomic E-state index is 0.0137. The quantitative estimate of drug-likeness (QED) is 0.854. The maximum absolute atomic E-state index is 13.9. The molecule has 1 aliphatic heterocycles. The van der Waals surface area contributed by atoms with Gasteiger partial charge in [-0.2, -0.15) is 0 Å². The molecular formula is C14H14F3NO3. The molecule has 2 rings (SSSR count). The number of benzene rings is 1. The topological polar surface area (TPSA) is 58.9 Å². The highest BCUT2D eigenvalue weighted by atomic mass is 19.2. The van der Waals surface area contributed by atoms with Crippen LogP contribution in [0.3, 0.4) is 0 Å². The maximum Gasteiger partial charge on any atom is 0.309 e. The zero-order valence-corrected chi connectivity index (χ0v) is 11.4. The minimum atomic E-state index is -1.31. The SMILES string of the molecule is COC1=NC(C)[C@H](C(=O)O)[C@@H](c2cc(F)c(F)cc2F)C1. The van der Waals surface area contributed by atoms with E-state index in [-0.39, 0.29) is 17.9 Å². The van der Waals surface area contributed by atoms with Gasteiger partial charge in [0.2, 0.25) is 0 Å². The van der Waals surface area contributed by atoms with Crippen LogP contribution in [0.5, 0.6) is 0 Å². The number of methoxy groups -OCH3 is 1. The van der Waals surface area contributed by atoms with Gasteiger partial charge in [0.15, 0.2) is 17.5 Å². The number of aliphatic carboxylic acids is 1. The van der Waals surface area contributed by atoms with Crippen LogP contribution in [0.25, 0.3) is 0 Å². The Hall–Kier alpha value is -2.05. The average Bonchev–Trinajstić information content (AvgIpc) is 2.41. The predicted molar refractivity (Wildman–Crippen MR) is 68.7 cm³/mol. The first-order valence-corrected chi connectivity index (χ1v) is 6.33. The molecule has 0 saturated heterocycles. The third-order valence-corrected chi connectivity index (χ3v) is 3.66. The van der Waals surface area contributed by atoms with E-state index in [1.807, 2.05) is 0 Å². The van der Waals surface area contributed by atoms with E-state index >= 15 is 0 Å². The highest BCUT2D eigenvalue weighted by Gasteiger charge is 2.40. The molecule has 21 heavy (non-hydrogen) atoms. The summed E-state index contributed by atoms with van der Waals surface area (Å²) in [5.41, 5.74) is -0.183. The van der Waals surface area contributed by atoms with Crippen LogP contribution in [0, 0.1) is 23.4 Å². The molecule has 1 aromatic rings. The first-order chi connectivity index (χ1) is 9.85. The van der Waals surface area contributed by atoms with Gasteiger partial charge in [-0.25, -0.2) is 13.2 Å². The van der Waals surface area contributed by atoms with Crippen molar-refractivity contribution in [3.8, 4) is 0 Å². The fourth-order valence-corrected chi connectivity index (χ4v) is 2.65. The largest absolute Gasteiger partial charge is 0.484 e. The molecule has 3 atom stereocenters. The Morgan fingerprint density at radius 2 is 1.90 bits per heavy atom. The van der Waals surface area contributed by atoms with Crippen LogP contribution in [-0.2, 0) is 9.53 Å². The van der Waals surface area contributed by atoms with Gasteiger partial charge in [-0.15, -0.1) is 0 Å². The van der Waals surface area contributed by atoms with E-state index in [0.29, 0.717) is 12.1 Å². The number of hydrogen-bond acceptors (Lipinski definition) is 3. The van der Waals surface area contributed by atoms with Crippen molar-refractivity contribution in [2.75, 3.05) is 7.11 Å². The van der Waals surface area contributed by atoms with Gasteiger partial charge in [-0.3, -0.25) is 9.79 Å². The Labute approximate surface area is 119 Å². The van der Waals surface area contributed by atoms with Gasteiger partial charge in [-0.1, -0.05) is 0 Å². The monoisotopic (exact) mass is 301 g/mol. The van der Waals surface area contributed by atoms with Crippen molar-refractivity contribution >= 4 is 11.9 Å². The summed E-state index contributed by atoms with van der Waals surface area (Å²) in [6, 6.07) is 0.465. The van der Waals surface area contributed by atoms with Gasteiger partial charge in [0.1, 0.15) is 5.82 Å². The lowest BCUT2D eigenvalue weighted by Gasteiger charge is -2.32. The highest BCUT2D eigenvalue weighted by molar-refractivity contribution is 5.82. The lowest BCUT2D eigenvalue weighted by atomic mass is 9.77. The third-order valence-electron chi connectivity index (χ3n) is 3.66. The van der Waals surface area contributed by atoms with Crippen molar-refractivity contribution in [3.63, 3.8) is 0 Å². The molecule has 0 fully saturated rings. The van der Waals surface area contributed by atoms with Crippen molar-refractivity contribution < 1.29 is 27.8 Å². The summed E-state index contributed by atoms with van der Waals surface area (Å²) in [7, 11) is 1.37. The first-order valence-electron chi connectivity index (χ1n) is 6.33. The fraction of sp³-hybridized carbons (Fsp3) is 0.429. The second-order valence-corrected chi connectivity index (χ2v) is 4.93. The van der Waals surface area contributed by atoms with E-state index in [2.05, 4.69) is 4.99 Å². The molecule has 0 aromatic heterocycles. The smallest absolute Gasteiger partial charge is 0.309 e. The standard InChI is InChI=1S/C14H14F3NO3/c1-6-13(14(19)20)8(4-12(18-6)21-2)7-3-10(16)11(17)5-9(7)15/h3,5-6,8,13H,4H2,1-2H3,(H,19,20)/t6?,8-,13+/m1/s1. The van der Waals surface area contributed by atoms with Crippen LogP contribution in [0.2, 0.25) is 0 Å². The van der Waals surface area contributed by atoms with Crippen LogP contribution in [-0.4, -0.2) is 30.1 Å². The van der Waals surface area contributed by atoms with E-state index in [1.165, 1.54) is 7.11 Å². The number of halogens is 3. The summed E-state index contributed by atoms with van der Waals surface area (Å²) in [5, 5.41) is 9.31. The zero-order chi connectivity index (χ0) is 15.7. The number of carbonyl (C=O) groups is 1. The van der Waals surface area contributed by atoms with Crippen molar-refractivity contribution in [1.82, 2.24) is 0 Å². The first kappa shape index (κ1) is 15.3. The summed E-state index contributed by atoms with van der Waals surface area (Å²) >= 11 is 0. The molecule has 0 aliphatic carbocycles. The van der Waals surface area contributed by atoms with Crippen molar-refractivity contribution in [2.24, 2.45) is 10.9 Å². The van der Waals surface area contributed by atoms with Gasteiger partial charge in [0.05, 0.1) is 19.1 Å². The van der Waals surface area contributed by atoms with Gasteiger partial charge in [0, 0.05) is 18.4 Å². The predicted octanol–water partition coefficient (Wildman–Crippen LogP) is 2.73. The van der Waals surface area contributed by atoms with Gasteiger partial charge in [-0.05, 0) is 18.6 Å². The lowest BCUT2D eigenvalue weighted by Crippen LogP contribution is -2.37. The molecule has 1 heterocycles. The molecular weight excluding hydrogens is 287 g/mol. The maximum atomic E-state index is 13.9. The van der Waals surface area contributed by atoms with Crippen LogP contribution >= 0.6 is 0 Å². The normalized spacial score (nSPS) is 25.4. The lowest BCUT2D eigenvalue weighted by molar-refractivity contribution is -0.143. The Balaban J connectivity index is 2.51. The number of nitrogens with zero attached hydrogens (tertiary/aromatic N) is 1. The minimum Gasteiger partial charge on any atom is -0.484 e. The van der Waals surface area contributed by atoms with E-state index < -0.39 is 41.3 Å². The number of rotatable bonds is 2. The molecule has 1 aromatic carbocycles. The van der Waals surface area contributed by atoms with Crippen molar-refractivity contribution in [3.05, 3.63) is 35.1 Å². The Morgan fingerprint density at radius 1 is 1.29 bits per heavy atom. The number of ether oxygens (including phenoxy) is 1. The molecule has 0 bridgehead atoms. The molecule has 0 amide bonds. The molecule has 0 saturated carbocycles. The molecule has 0 spiro atoms. The van der Waals surface area contributed by atoms with Crippen LogP contribution in [0.15, 0.2) is 17.1 Å². The molecule has 1 N–H and O–H groups in total. The number of carboxylic acid groups (broad SMARTS) is 1. The van der Waals surface area contributed by atoms with Gasteiger partial charge < -0.3 is 9.84 Å². The highest BCUT2D eigenvalue weighted by Crippen LogP contribution is 2.37. The Morgan fingerprint density at radius 3 is 2.48 bits per heavy atom. The summed E-state index contributed by atoms with van der Waals surface area (Å²) < 4.78 is 45.3. The van der Waals surface area contributed by atoms with Crippen molar-refractivity contribution in [2.45, 2.75) is 25.3 Å². The summed E-state index contributed by atoms with van der Waals surface area (Å²) in [6.07, 6.45) is 0.0137. The fourth-order valence-electron chi connectivity index (χ4n) is 2.65. The van der Waals surface area contributed by atoms with E-state index in [1.54, 1.807) is 6.92 Å². The summed E-state index contributed by atoms with van der Waals surface area (Å²) in [5.74, 6) is -6.33.